The van der Waals surface area contributed by atoms with Gasteiger partial charge in [0.15, 0.2) is 16.6 Å². The van der Waals surface area contributed by atoms with Gasteiger partial charge in [-0.15, -0.1) is 0 Å². The Kier molecular flexibility index (Phi) is 8.22. The van der Waals surface area contributed by atoms with E-state index in [2.05, 4.69) is 15.9 Å². The number of esters is 1. The molecule has 238 valence electrons. The van der Waals surface area contributed by atoms with Gasteiger partial charge in [-0.1, -0.05) is 0 Å². The summed E-state index contributed by atoms with van der Waals surface area (Å²) in [6.45, 7) is 9.86. The van der Waals surface area contributed by atoms with Gasteiger partial charge in [0.2, 0.25) is 5.95 Å². The zero-order valence-electron chi connectivity index (χ0n) is 26.3. The smallest absolute Gasteiger partial charge is 0.310 e. The van der Waals surface area contributed by atoms with E-state index >= 15 is 4.39 Å². The summed E-state index contributed by atoms with van der Waals surface area (Å²) >= 11 is 1.37. The molecule has 0 aliphatic carbocycles. The molecule has 0 spiro atoms. The van der Waals surface area contributed by atoms with Gasteiger partial charge in [0.05, 0.1) is 25.8 Å². The van der Waals surface area contributed by atoms with Crippen LogP contribution in [0.4, 0.5) is 10.3 Å². The largest absolute Gasteiger partial charge is 0.490 e. The highest BCUT2D eigenvalue weighted by molar-refractivity contribution is 7.09. The Labute approximate surface area is 266 Å². The van der Waals surface area contributed by atoms with Gasteiger partial charge in [-0.05, 0) is 85.4 Å². The van der Waals surface area contributed by atoms with Crippen molar-refractivity contribution in [3.63, 3.8) is 0 Å². The number of carbonyl (C=O) groups excluding carboxylic acids is 1. The van der Waals surface area contributed by atoms with E-state index in [0.717, 1.165) is 121 Å². The number of halogens is 1. The van der Waals surface area contributed by atoms with E-state index in [4.69, 9.17) is 28.6 Å². The van der Waals surface area contributed by atoms with E-state index in [1.165, 1.54) is 18.6 Å². The molecule has 3 aliphatic heterocycles. The highest BCUT2D eigenvalue weighted by Crippen LogP contribution is 2.43. The minimum absolute atomic E-state index is 0.0301. The third-order valence-electron chi connectivity index (χ3n) is 9.68. The van der Waals surface area contributed by atoms with Gasteiger partial charge in [-0.3, -0.25) is 9.69 Å². The van der Waals surface area contributed by atoms with Crippen LogP contribution in [0, 0.1) is 19.7 Å². The molecular formula is C33H39FN6O4S. The van der Waals surface area contributed by atoms with Crippen LogP contribution in [0.15, 0.2) is 12.1 Å². The minimum atomic E-state index is -0.390. The fraction of sp³-hybridized carbons (Fsp3) is 0.515. The number of carbonyl (C=O) groups is 1. The molecule has 10 nitrogen and oxygen atoms in total. The average molecular weight is 635 g/mol. The van der Waals surface area contributed by atoms with Crippen LogP contribution >= 0.6 is 11.5 Å². The summed E-state index contributed by atoms with van der Waals surface area (Å²) in [5, 5.41) is 1.62. The number of hydrogen-bond donors (Lipinski definition) is 0. The monoisotopic (exact) mass is 634 g/mol. The summed E-state index contributed by atoms with van der Waals surface area (Å²) in [6.07, 6.45) is 3.80. The van der Waals surface area contributed by atoms with Crippen LogP contribution < -0.4 is 9.64 Å². The van der Waals surface area contributed by atoms with Crippen molar-refractivity contribution in [2.24, 2.45) is 7.05 Å². The van der Waals surface area contributed by atoms with E-state index in [0.29, 0.717) is 24.1 Å². The second kappa shape index (κ2) is 12.3. The third-order valence-corrected chi connectivity index (χ3v) is 10.4. The molecule has 0 N–H and O–H groups in total. The number of fused-ring (bicyclic) bond motifs is 2. The van der Waals surface area contributed by atoms with E-state index in [9.17, 15) is 4.79 Å². The number of ether oxygens (including phenoxy) is 3. The zero-order valence-corrected chi connectivity index (χ0v) is 27.1. The predicted octanol–water partition coefficient (Wildman–Crippen LogP) is 4.86. The molecule has 2 saturated heterocycles. The van der Waals surface area contributed by atoms with Crippen LogP contribution in [-0.2, 0) is 34.2 Å². The zero-order chi connectivity index (χ0) is 31.2. The number of hydrogen-bond acceptors (Lipinski definition) is 10. The molecule has 3 aliphatic rings. The van der Waals surface area contributed by atoms with Crippen LogP contribution in [0.5, 0.6) is 5.75 Å². The van der Waals surface area contributed by atoms with E-state index < -0.39 is 5.82 Å². The number of rotatable bonds is 6. The molecule has 6 heterocycles. The van der Waals surface area contributed by atoms with Crippen molar-refractivity contribution in [3.8, 4) is 27.6 Å². The van der Waals surface area contributed by atoms with Gasteiger partial charge in [-0.25, -0.2) is 9.37 Å². The fourth-order valence-corrected chi connectivity index (χ4v) is 7.87. The standard InChI is InChI=1S/C33H39FN6O4S/c1-19-22-6-5-13-44-30(22)26(34)16-23(19)29-24(18-28(41)42-4)20(2)35-31-25(29)17-27(38(31)3)32-36-33(37-45-32)40-11-9-39(10-12-40)21-7-14-43-15-8-21/h16-17,21H,5-15,18H2,1-4H3. The number of nitrogens with zero attached hydrogens (tertiary/aromatic N) is 6. The summed E-state index contributed by atoms with van der Waals surface area (Å²) in [4.78, 5) is 27.4. The SMILES string of the molecule is COC(=O)Cc1c(C)nc2c(cc(-c3nc(N4CCN(C5CCOCC5)CC4)ns3)n2C)c1-c1cc(F)c2c(c1C)CCCO2. The lowest BCUT2D eigenvalue weighted by molar-refractivity contribution is -0.139. The highest BCUT2D eigenvalue weighted by Gasteiger charge is 2.29. The quantitative estimate of drug-likeness (QED) is 0.276. The highest BCUT2D eigenvalue weighted by atomic mass is 32.1. The van der Waals surface area contributed by atoms with Crippen molar-refractivity contribution in [1.82, 2.24) is 23.8 Å². The predicted molar refractivity (Wildman–Crippen MR) is 172 cm³/mol. The number of benzene rings is 1. The number of piperazine rings is 1. The molecule has 3 aromatic heterocycles. The number of methoxy groups -OCH3 is 1. The first-order valence-corrected chi connectivity index (χ1v) is 16.5. The van der Waals surface area contributed by atoms with Gasteiger partial charge in [0.1, 0.15) is 5.65 Å². The lowest BCUT2D eigenvalue weighted by atomic mass is 9.87. The van der Waals surface area contributed by atoms with Gasteiger partial charge in [0, 0.05) is 69.1 Å². The minimum Gasteiger partial charge on any atom is -0.490 e. The molecule has 0 unspecified atom stereocenters. The Hall–Kier alpha value is -3.61. The second-order valence-electron chi connectivity index (χ2n) is 12.2. The van der Waals surface area contributed by atoms with E-state index in [1.807, 2.05) is 25.5 Å². The summed E-state index contributed by atoms with van der Waals surface area (Å²) in [6, 6.07) is 4.20. The van der Waals surface area contributed by atoms with Gasteiger partial charge < -0.3 is 23.7 Å². The molecular weight excluding hydrogens is 595 g/mol. The number of aromatic nitrogens is 4. The van der Waals surface area contributed by atoms with Crippen LogP contribution in [-0.4, -0.2) is 88.9 Å². The molecule has 0 radical (unpaired) electrons. The Morgan fingerprint density at radius 3 is 2.64 bits per heavy atom. The summed E-state index contributed by atoms with van der Waals surface area (Å²) in [5.41, 5.74) is 6.40. The molecule has 0 atom stereocenters. The average Bonchev–Trinajstić information content (AvgIpc) is 3.68. The number of pyridine rings is 1. The molecule has 45 heavy (non-hydrogen) atoms. The molecule has 0 saturated carbocycles. The first-order chi connectivity index (χ1) is 21.8. The first-order valence-electron chi connectivity index (χ1n) is 15.8. The lowest BCUT2D eigenvalue weighted by Gasteiger charge is -2.40. The van der Waals surface area contributed by atoms with Crippen molar-refractivity contribution < 1.29 is 23.4 Å². The third kappa shape index (κ3) is 5.46. The summed E-state index contributed by atoms with van der Waals surface area (Å²) in [7, 11) is 3.35. The Morgan fingerprint density at radius 2 is 1.89 bits per heavy atom. The molecule has 2 fully saturated rings. The molecule has 0 amide bonds. The van der Waals surface area contributed by atoms with Gasteiger partial charge in [0.25, 0.3) is 0 Å². The molecule has 4 aromatic rings. The van der Waals surface area contributed by atoms with Crippen molar-refractivity contribution in [1.29, 1.82) is 0 Å². The first kappa shape index (κ1) is 30.1. The topological polar surface area (TPSA) is 94.8 Å². The van der Waals surface area contributed by atoms with Crippen LogP contribution in [0.25, 0.3) is 32.9 Å². The van der Waals surface area contributed by atoms with Gasteiger partial charge >= 0.3 is 5.97 Å². The van der Waals surface area contributed by atoms with Crippen LogP contribution in [0.3, 0.4) is 0 Å². The molecule has 1 aromatic carbocycles. The van der Waals surface area contributed by atoms with Crippen molar-refractivity contribution in [2.45, 2.75) is 52.0 Å². The Bertz CT molecular complexity index is 1760. The molecule has 7 rings (SSSR count). The summed E-state index contributed by atoms with van der Waals surface area (Å²) < 4.78 is 38.7. The molecule has 12 heteroatoms. The normalized spacial score (nSPS) is 17.8. The summed E-state index contributed by atoms with van der Waals surface area (Å²) in [5.74, 6) is 0.318. The maximum Gasteiger partial charge on any atom is 0.310 e. The van der Waals surface area contributed by atoms with E-state index in [1.54, 1.807) is 6.07 Å². The lowest BCUT2D eigenvalue weighted by Crippen LogP contribution is -2.51. The van der Waals surface area contributed by atoms with Crippen LogP contribution in [0.1, 0.15) is 41.6 Å². The van der Waals surface area contributed by atoms with Crippen molar-refractivity contribution >= 4 is 34.5 Å². The van der Waals surface area contributed by atoms with Crippen molar-refractivity contribution in [2.75, 3.05) is 58.0 Å². The number of aryl methyl sites for hydroxylation is 2. The van der Waals surface area contributed by atoms with Gasteiger partial charge in [-0.2, -0.15) is 9.36 Å². The molecule has 0 bridgehead atoms. The second-order valence-corrected chi connectivity index (χ2v) is 12.9. The van der Waals surface area contributed by atoms with Crippen molar-refractivity contribution in [3.05, 3.63) is 40.3 Å². The Balaban J connectivity index is 1.27. The van der Waals surface area contributed by atoms with Crippen LogP contribution in [0.2, 0.25) is 0 Å². The Morgan fingerprint density at radius 1 is 1.11 bits per heavy atom. The fourth-order valence-electron chi connectivity index (χ4n) is 7.13. The van der Waals surface area contributed by atoms with E-state index in [-0.39, 0.29) is 12.4 Å². The number of anilines is 1. The maximum atomic E-state index is 15.6. The maximum absolute atomic E-state index is 15.6.